The molecule has 0 aliphatic carbocycles. The van der Waals surface area contributed by atoms with Crippen molar-refractivity contribution in [3.05, 3.63) is 97.0 Å². The van der Waals surface area contributed by atoms with Crippen LogP contribution in [0.5, 0.6) is 0 Å². The van der Waals surface area contributed by atoms with Gasteiger partial charge in [0.05, 0.1) is 17.6 Å². The molecule has 0 fully saturated rings. The van der Waals surface area contributed by atoms with Crippen LogP contribution in [-0.2, 0) is 0 Å². The first-order chi connectivity index (χ1) is 15.2. The van der Waals surface area contributed by atoms with Crippen LogP contribution in [0.15, 0.2) is 99.8 Å². The predicted octanol–water partition coefficient (Wildman–Crippen LogP) is 5.98. The highest BCUT2D eigenvalue weighted by Gasteiger charge is 2.20. The van der Waals surface area contributed by atoms with Gasteiger partial charge < -0.3 is 4.42 Å². The summed E-state index contributed by atoms with van der Waals surface area (Å²) in [7, 11) is 0. The van der Waals surface area contributed by atoms with E-state index >= 15 is 0 Å². The van der Waals surface area contributed by atoms with Gasteiger partial charge in [-0.3, -0.25) is 9.98 Å². The Morgan fingerprint density at radius 3 is 2.16 bits per heavy atom. The smallest absolute Gasteiger partial charge is 0.239 e. The zero-order valence-electron chi connectivity index (χ0n) is 16.8. The van der Waals surface area contributed by atoms with Crippen LogP contribution in [0.3, 0.4) is 0 Å². The van der Waals surface area contributed by atoms with Gasteiger partial charge in [0.2, 0.25) is 16.7 Å². The Morgan fingerprint density at radius 2 is 1.48 bits per heavy atom. The highest BCUT2D eigenvalue weighted by atomic mass is 16.3. The lowest BCUT2D eigenvalue weighted by atomic mass is 10.2. The van der Waals surface area contributed by atoms with E-state index in [1.54, 1.807) is 12.3 Å². The van der Waals surface area contributed by atoms with E-state index in [9.17, 15) is 0 Å². The van der Waals surface area contributed by atoms with E-state index in [-0.39, 0.29) is 0 Å². The lowest BCUT2D eigenvalue weighted by Gasteiger charge is -2.06. The highest BCUT2D eigenvalue weighted by Crippen LogP contribution is 2.24. The summed E-state index contributed by atoms with van der Waals surface area (Å²) >= 11 is 0. The van der Waals surface area contributed by atoms with E-state index in [2.05, 4.69) is 40.0 Å². The molecule has 0 saturated heterocycles. The number of furan rings is 1. The molecule has 0 aliphatic heterocycles. The molecule has 5 rings (SSSR count). The summed E-state index contributed by atoms with van der Waals surface area (Å²) < 4.78 is 7.79. The molecule has 0 saturated carbocycles. The van der Waals surface area contributed by atoms with Crippen LogP contribution < -0.4 is 4.57 Å². The number of para-hydroxylation sites is 1. The van der Waals surface area contributed by atoms with Crippen molar-refractivity contribution < 1.29 is 8.98 Å². The van der Waals surface area contributed by atoms with Crippen molar-refractivity contribution in [2.45, 2.75) is 0 Å². The molecule has 0 aliphatic rings. The second-order valence-corrected chi connectivity index (χ2v) is 6.99. The highest BCUT2D eigenvalue weighted by molar-refractivity contribution is 5.86. The Bertz CT molecular complexity index is 1470. The van der Waals surface area contributed by atoms with E-state index in [1.165, 1.54) is 0 Å². The molecule has 0 amide bonds. The van der Waals surface area contributed by atoms with Crippen molar-refractivity contribution in [1.29, 1.82) is 0 Å². The molecule has 0 unspecified atom stereocenters. The van der Waals surface area contributed by atoms with Crippen molar-refractivity contribution in [2.24, 2.45) is 9.98 Å². The molecule has 0 atom stereocenters. The molecule has 5 nitrogen and oxygen atoms in total. The third kappa shape index (κ3) is 3.53. The Balaban J connectivity index is 1.73. The fourth-order valence-corrected chi connectivity index (χ4v) is 3.55. The second kappa shape index (κ2) is 7.80. The van der Waals surface area contributed by atoms with Gasteiger partial charge in [0.1, 0.15) is 22.6 Å². The van der Waals surface area contributed by atoms with Gasteiger partial charge in [0.25, 0.3) is 0 Å². The molecule has 5 heteroatoms. The summed E-state index contributed by atoms with van der Waals surface area (Å²) in [5, 5.41) is 0. The van der Waals surface area contributed by atoms with Gasteiger partial charge >= 0.3 is 0 Å². The summed E-state index contributed by atoms with van der Waals surface area (Å²) in [5.74, 6) is 1.38. The summed E-state index contributed by atoms with van der Waals surface area (Å²) in [5.41, 5.74) is 6.28. The fraction of sp³-hybridized carbons (Fsp3) is 0. The Hall–Kier alpha value is -4.38. The van der Waals surface area contributed by atoms with Gasteiger partial charge in [-0.2, -0.15) is 0 Å². The number of fused-ring (bicyclic) bond motifs is 2. The van der Waals surface area contributed by atoms with Crippen molar-refractivity contribution >= 4 is 52.4 Å². The van der Waals surface area contributed by atoms with Gasteiger partial charge in [0, 0.05) is 24.3 Å². The van der Waals surface area contributed by atoms with Crippen LogP contribution in [0.2, 0.25) is 0 Å². The largest absolute Gasteiger partial charge is 0.456 e. The lowest BCUT2D eigenvalue weighted by Crippen LogP contribution is -2.33. The summed E-state index contributed by atoms with van der Waals surface area (Å²) in [6, 6.07) is 25.8. The quantitative estimate of drug-likeness (QED) is 0.206. The van der Waals surface area contributed by atoms with Crippen molar-refractivity contribution in [3.63, 3.8) is 0 Å². The van der Waals surface area contributed by atoms with Gasteiger partial charge in [-0.15, -0.1) is 4.57 Å². The van der Waals surface area contributed by atoms with E-state index in [0.29, 0.717) is 11.5 Å². The van der Waals surface area contributed by atoms with Gasteiger partial charge in [0.15, 0.2) is 0 Å². The topological polar surface area (TPSA) is 54.6 Å². The van der Waals surface area contributed by atoms with Gasteiger partial charge in [-0.25, -0.2) is 4.98 Å². The molecular weight excluding hydrogens is 384 g/mol. The summed E-state index contributed by atoms with van der Waals surface area (Å²) in [6.45, 7) is 7.38. The minimum atomic E-state index is 0.671. The zero-order chi connectivity index (χ0) is 21.2. The Labute approximate surface area is 179 Å². The number of nitrogens with zero attached hydrogens (tertiary/aromatic N) is 4. The van der Waals surface area contributed by atoms with Gasteiger partial charge in [-0.05, 0) is 49.2 Å². The number of benzene rings is 3. The monoisotopic (exact) mass is 403 g/mol. The standard InChI is InChI=1S/C26H19N4O/c1-3-21-11-12-22(31-21)17-28-19-10-14-24-26(16-19)30(20-7-5-4-6-8-20)25-15-18(27-2)9-13-23(25)29-24/h3-17H,1-2H2/q+1. The second-order valence-electron chi connectivity index (χ2n) is 6.99. The maximum atomic E-state index is 5.62. The average molecular weight is 403 g/mol. The minimum Gasteiger partial charge on any atom is -0.456 e. The third-order valence-electron chi connectivity index (χ3n) is 5.03. The number of aromatic nitrogens is 2. The van der Waals surface area contributed by atoms with E-state index in [4.69, 9.17) is 9.40 Å². The molecule has 0 bridgehead atoms. The van der Waals surface area contributed by atoms with Crippen LogP contribution in [0.1, 0.15) is 11.5 Å². The molecule has 2 aromatic heterocycles. The first kappa shape index (κ1) is 18.6. The molecular formula is C26H19N4O+. The third-order valence-corrected chi connectivity index (χ3v) is 5.03. The van der Waals surface area contributed by atoms with Crippen LogP contribution in [0.25, 0.3) is 33.8 Å². The fourth-order valence-electron chi connectivity index (χ4n) is 3.55. The predicted molar refractivity (Wildman–Crippen MR) is 126 cm³/mol. The van der Waals surface area contributed by atoms with Crippen LogP contribution in [0, 0.1) is 0 Å². The average Bonchev–Trinajstić information content (AvgIpc) is 3.29. The Kier molecular flexibility index (Phi) is 4.69. The summed E-state index contributed by atoms with van der Waals surface area (Å²) in [4.78, 5) is 13.5. The first-order valence-electron chi connectivity index (χ1n) is 9.83. The SMILES string of the molecule is C=Cc1ccc(C=Nc2ccc3nc4ccc(N=C)cc4[n+](-c4ccccc4)c3c2)o1. The van der Waals surface area contributed by atoms with Crippen LogP contribution in [-0.4, -0.2) is 17.9 Å². The Morgan fingerprint density at radius 1 is 0.806 bits per heavy atom. The molecule has 3 aromatic carbocycles. The van der Waals surface area contributed by atoms with E-state index in [1.807, 2.05) is 66.7 Å². The van der Waals surface area contributed by atoms with Crippen molar-refractivity contribution in [3.8, 4) is 5.69 Å². The molecule has 2 heterocycles. The summed E-state index contributed by atoms with van der Waals surface area (Å²) in [6.07, 6.45) is 3.37. The van der Waals surface area contributed by atoms with Crippen molar-refractivity contribution in [1.82, 2.24) is 4.98 Å². The lowest BCUT2D eigenvalue weighted by molar-refractivity contribution is -0.538. The van der Waals surface area contributed by atoms with Crippen LogP contribution >= 0.6 is 0 Å². The number of aliphatic imine (C=N–C) groups is 2. The molecule has 148 valence electrons. The normalized spacial score (nSPS) is 11.4. The molecule has 31 heavy (non-hydrogen) atoms. The first-order valence-corrected chi connectivity index (χ1v) is 9.83. The van der Waals surface area contributed by atoms with Crippen molar-refractivity contribution in [2.75, 3.05) is 0 Å². The van der Waals surface area contributed by atoms with E-state index in [0.717, 1.165) is 39.1 Å². The number of rotatable bonds is 5. The zero-order valence-corrected chi connectivity index (χ0v) is 16.8. The number of hydrogen-bond acceptors (Lipinski definition) is 4. The molecule has 0 N–H and O–H groups in total. The number of hydrogen-bond donors (Lipinski definition) is 0. The maximum Gasteiger partial charge on any atom is 0.239 e. The molecule has 0 spiro atoms. The van der Waals surface area contributed by atoms with Crippen LogP contribution in [0.4, 0.5) is 11.4 Å². The van der Waals surface area contributed by atoms with E-state index < -0.39 is 0 Å². The van der Waals surface area contributed by atoms with Gasteiger partial charge in [-0.1, -0.05) is 24.8 Å². The molecule has 0 radical (unpaired) electrons. The minimum absolute atomic E-state index is 0.671. The molecule has 5 aromatic rings. The maximum absolute atomic E-state index is 5.62.